The van der Waals surface area contributed by atoms with Crippen LogP contribution in [0.3, 0.4) is 0 Å². The van der Waals surface area contributed by atoms with Gasteiger partial charge in [0.05, 0.1) is 10.7 Å². The Kier molecular flexibility index (Phi) is 4.86. The number of amides is 1. The second-order valence-electron chi connectivity index (χ2n) is 6.69. The number of benzene rings is 1. The third-order valence-corrected chi connectivity index (χ3v) is 5.32. The quantitative estimate of drug-likeness (QED) is 0.695. The van der Waals surface area contributed by atoms with Gasteiger partial charge in [0.2, 0.25) is 0 Å². The molecule has 1 aliphatic heterocycles. The highest BCUT2D eigenvalue weighted by Crippen LogP contribution is 2.27. The van der Waals surface area contributed by atoms with E-state index < -0.39 is 0 Å². The van der Waals surface area contributed by atoms with Crippen molar-refractivity contribution in [3.63, 3.8) is 0 Å². The molecule has 4 rings (SSSR count). The van der Waals surface area contributed by atoms with E-state index >= 15 is 0 Å². The Morgan fingerprint density at radius 3 is 2.41 bits per heavy atom. The van der Waals surface area contributed by atoms with Crippen LogP contribution in [0.4, 0.5) is 5.69 Å². The van der Waals surface area contributed by atoms with Crippen molar-refractivity contribution in [3.8, 4) is 11.1 Å². The van der Waals surface area contributed by atoms with Gasteiger partial charge in [0, 0.05) is 57.4 Å². The van der Waals surface area contributed by atoms with E-state index in [9.17, 15) is 4.79 Å². The first kappa shape index (κ1) is 17.6. The predicted octanol–water partition coefficient (Wildman–Crippen LogP) is 3.70. The zero-order valence-corrected chi connectivity index (χ0v) is 15.9. The molecule has 3 aromatic rings. The second-order valence-corrected chi connectivity index (χ2v) is 7.10. The van der Waals surface area contributed by atoms with E-state index in [1.165, 1.54) is 0 Å². The fourth-order valence-electron chi connectivity index (χ4n) is 3.50. The summed E-state index contributed by atoms with van der Waals surface area (Å²) in [5.41, 5.74) is 3.82. The van der Waals surface area contributed by atoms with E-state index in [2.05, 4.69) is 9.88 Å². The third-order valence-electron chi connectivity index (χ3n) is 5.00. The van der Waals surface area contributed by atoms with Gasteiger partial charge in [0.25, 0.3) is 5.91 Å². The summed E-state index contributed by atoms with van der Waals surface area (Å²) in [6, 6.07) is 13.7. The molecule has 1 saturated heterocycles. The zero-order valence-electron chi connectivity index (χ0n) is 15.2. The van der Waals surface area contributed by atoms with Crippen molar-refractivity contribution in [2.24, 2.45) is 7.05 Å². The van der Waals surface area contributed by atoms with E-state index in [0.717, 1.165) is 34.9 Å². The van der Waals surface area contributed by atoms with Gasteiger partial charge in [0.15, 0.2) is 0 Å². The maximum atomic E-state index is 13.0. The summed E-state index contributed by atoms with van der Waals surface area (Å²) in [5.74, 6) is 0.0663. The monoisotopic (exact) mass is 380 g/mol. The summed E-state index contributed by atoms with van der Waals surface area (Å²) in [7, 11) is 1.91. The first-order chi connectivity index (χ1) is 13.1. The lowest BCUT2D eigenvalue weighted by atomic mass is 10.1. The van der Waals surface area contributed by atoms with Crippen LogP contribution in [0.25, 0.3) is 11.1 Å². The minimum atomic E-state index is 0.0663. The minimum Gasteiger partial charge on any atom is -0.367 e. The maximum Gasteiger partial charge on any atom is 0.270 e. The molecule has 6 heteroatoms. The highest BCUT2D eigenvalue weighted by atomic mass is 35.5. The molecular formula is C21H21ClN4O. The molecular weight excluding hydrogens is 360 g/mol. The van der Waals surface area contributed by atoms with Crippen molar-refractivity contribution >= 4 is 23.2 Å². The third kappa shape index (κ3) is 3.55. The summed E-state index contributed by atoms with van der Waals surface area (Å²) in [6.07, 6.45) is 5.51. The lowest BCUT2D eigenvalue weighted by molar-refractivity contribution is 0.0737. The predicted molar refractivity (Wildman–Crippen MR) is 108 cm³/mol. The van der Waals surface area contributed by atoms with E-state index in [1.54, 1.807) is 12.4 Å². The lowest BCUT2D eigenvalue weighted by Crippen LogP contribution is -2.49. The summed E-state index contributed by atoms with van der Waals surface area (Å²) >= 11 is 6.30. The van der Waals surface area contributed by atoms with Crippen molar-refractivity contribution in [1.82, 2.24) is 14.5 Å². The van der Waals surface area contributed by atoms with Gasteiger partial charge in [-0.2, -0.15) is 0 Å². The van der Waals surface area contributed by atoms with Gasteiger partial charge in [0.1, 0.15) is 5.69 Å². The van der Waals surface area contributed by atoms with Crippen molar-refractivity contribution in [2.75, 3.05) is 31.1 Å². The van der Waals surface area contributed by atoms with Crippen molar-refractivity contribution in [1.29, 1.82) is 0 Å². The molecule has 0 spiro atoms. The fraction of sp³-hybridized carbons (Fsp3) is 0.238. The van der Waals surface area contributed by atoms with Gasteiger partial charge >= 0.3 is 0 Å². The summed E-state index contributed by atoms with van der Waals surface area (Å²) in [4.78, 5) is 21.2. The van der Waals surface area contributed by atoms with Crippen LogP contribution in [0.15, 0.2) is 61.1 Å². The van der Waals surface area contributed by atoms with Gasteiger partial charge in [-0.25, -0.2) is 0 Å². The number of nitrogens with zero attached hydrogens (tertiary/aromatic N) is 4. The Bertz CT molecular complexity index is 946. The molecule has 1 amide bonds. The van der Waals surface area contributed by atoms with E-state index in [1.807, 2.05) is 65.2 Å². The Balaban J connectivity index is 1.47. The first-order valence-corrected chi connectivity index (χ1v) is 9.37. The largest absolute Gasteiger partial charge is 0.367 e. The van der Waals surface area contributed by atoms with Crippen LogP contribution in [-0.2, 0) is 7.05 Å². The van der Waals surface area contributed by atoms with Crippen molar-refractivity contribution < 1.29 is 4.79 Å². The molecule has 0 aliphatic carbocycles. The van der Waals surface area contributed by atoms with Crippen LogP contribution in [0.1, 0.15) is 10.5 Å². The van der Waals surface area contributed by atoms with Gasteiger partial charge in [-0.3, -0.25) is 9.78 Å². The molecule has 1 aromatic carbocycles. The summed E-state index contributed by atoms with van der Waals surface area (Å²) in [5, 5.41) is 0.752. The van der Waals surface area contributed by atoms with Gasteiger partial charge in [-0.1, -0.05) is 23.7 Å². The highest BCUT2D eigenvalue weighted by molar-refractivity contribution is 6.33. The molecule has 0 unspecified atom stereocenters. The highest BCUT2D eigenvalue weighted by Gasteiger charge is 2.25. The molecule has 1 fully saturated rings. The molecule has 2 aromatic heterocycles. The molecule has 0 atom stereocenters. The van der Waals surface area contributed by atoms with Crippen LogP contribution in [0, 0.1) is 0 Å². The number of piperazine rings is 1. The minimum absolute atomic E-state index is 0.0663. The normalized spacial score (nSPS) is 14.4. The molecule has 0 saturated carbocycles. The maximum absolute atomic E-state index is 13.0. The standard InChI is InChI=1S/C21H21ClN4O/c1-24-15-17(16-6-8-23-9-7-16)14-20(24)21(27)26-12-10-25(11-13-26)19-5-3-2-4-18(19)22/h2-9,14-15H,10-13H2,1H3. The Morgan fingerprint density at radius 2 is 1.70 bits per heavy atom. The lowest BCUT2D eigenvalue weighted by Gasteiger charge is -2.36. The molecule has 0 bridgehead atoms. The molecule has 0 radical (unpaired) electrons. The second kappa shape index (κ2) is 7.45. The molecule has 27 heavy (non-hydrogen) atoms. The zero-order chi connectivity index (χ0) is 18.8. The number of halogens is 1. The first-order valence-electron chi connectivity index (χ1n) is 8.99. The number of carbonyl (C=O) groups excluding carboxylic acids is 1. The molecule has 0 N–H and O–H groups in total. The van der Waals surface area contributed by atoms with Gasteiger partial charge in [-0.15, -0.1) is 0 Å². The Labute approximate surface area is 163 Å². The number of carbonyl (C=O) groups is 1. The van der Waals surface area contributed by atoms with Crippen molar-refractivity contribution in [3.05, 3.63) is 71.8 Å². The van der Waals surface area contributed by atoms with E-state index in [-0.39, 0.29) is 5.91 Å². The topological polar surface area (TPSA) is 41.4 Å². The number of hydrogen-bond acceptors (Lipinski definition) is 3. The number of anilines is 1. The number of para-hydroxylation sites is 1. The van der Waals surface area contributed by atoms with Gasteiger partial charge in [-0.05, 0) is 35.9 Å². The van der Waals surface area contributed by atoms with E-state index in [4.69, 9.17) is 11.6 Å². The summed E-state index contributed by atoms with van der Waals surface area (Å²) in [6.45, 7) is 2.91. The van der Waals surface area contributed by atoms with Crippen LogP contribution in [0.2, 0.25) is 5.02 Å². The number of hydrogen-bond donors (Lipinski definition) is 0. The molecule has 3 heterocycles. The van der Waals surface area contributed by atoms with Crippen LogP contribution in [-0.4, -0.2) is 46.5 Å². The summed E-state index contributed by atoms with van der Waals surface area (Å²) < 4.78 is 1.90. The van der Waals surface area contributed by atoms with Gasteiger partial charge < -0.3 is 14.4 Å². The fourth-order valence-corrected chi connectivity index (χ4v) is 3.76. The van der Waals surface area contributed by atoms with Crippen molar-refractivity contribution in [2.45, 2.75) is 0 Å². The Morgan fingerprint density at radius 1 is 1.00 bits per heavy atom. The number of aryl methyl sites for hydroxylation is 1. The number of pyridine rings is 1. The average Bonchev–Trinajstić information content (AvgIpc) is 3.10. The molecule has 138 valence electrons. The Hall–Kier alpha value is -2.79. The van der Waals surface area contributed by atoms with Crippen LogP contribution in [0.5, 0.6) is 0 Å². The number of rotatable bonds is 3. The SMILES string of the molecule is Cn1cc(-c2ccncc2)cc1C(=O)N1CCN(c2ccccc2Cl)CC1. The van der Waals surface area contributed by atoms with Crippen LogP contribution >= 0.6 is 11.6 Å². The molecule has 1 aliphatic rings. The number of aromatic nitrogens is 2. The smallest absolute Gasteiger partial charge is 0.270 e. The molecule has 5 nitrogen and oxygen atoms in total. The van der Waals surface area contributed by atoms with E-state index in [0.29, 0.717) is 18.8 Å². The van der Waals surface area contributed by atoms with Crippen LogP contribution < -0.4 is 4.90 Å². The average molecular weight is 381 g/mol.